The zero-order valence-electron chi connectivity index (χ0n) is 14.8. The van der Waals surface area contributed by atoms with E-state index in [2.05, 4.69) is 20.2 Å². The molecule has 26 heavy (non-hydrogen) atoms. The van der Waals surface area contributed by atoms with E-state index in [1.807, 2.05) is 30.3 Å². The number of nitrogens with one attached hydrogen (secondary N) is 1. The van der Waals surface area contributed by atoms with Gasteiger partial charge in [0.15, 0.2) is 0 Å². The van der Waals surface area contributed by atoms with Gasteiger partial charge < -0.3 is 15.0 Å². The van der Waals surface area contributed by atoms with Crippen LogP contribution < -0.4 is 10.1 Å². The lowest BCUT2D eigenvalue weighted by atomic mass is 9.90. The van der Waals surface area contributed by atoms with Crippen molar-refractivity contribution < 1.29 is 9.53 Å². The van der Waals surface area contributed by atoms with E-state index in [-0.39, 0.29) is 0 Å². The first kappa shape index (κ1) is 16.8. The Hall–Kier alpha value is -2.63. The van der Waals surface area contributed by atoms with E-state index in [9.17, 15) is 4.79 Å². The zero-order chi connectivity index (χ0) is 17.8. The van der Waals surface area contributed by atoms with Gasteiger partial charge in [0.1, 0.15) is 5.75 Å². The van der Waals surface area contributed by atoms with Crippen LogP contribution in [-0.2, 0) is 4.79 Å². The van der Waals surface area contributed by atoms with Crippen LogP contribution in [0.3, 0.4) is 0 Å². The molecule has 1 aromatic heterocycles. The summed E-state index contributed by atoms with van der Waals surface area (Å²) in [6.07, 6.45) is 7.60. The number of para-hydroxylation sites is 1. The number of benzene rings is 1. The van der Waals surface area contributed by atoms with Crippen molar-refractivity contribution in [3.63, 3.8) is 0 Å². The molecule has 2 heterocycles. The monoisotopic (exact) mass is 352 g/mol. The van der Waals surface area contributed by atoms with Crippen molar-refractivity contribution >= 4 is 11.9 Å². The van der Waals surface area contributed by atoms with Gasteiger partial charge in [0.05, 0.1) is 0 Å². The van der Waals surface area contributed by atoms with E-state index in [0.717, 1.165) is 50.8 Å². The molecule has 4 rings (SSSR count). The second kappa shape index (κ2) is 7.72. The zero-order valence-corrected chi connectivity index (χ0v) is 14.8. The highest BCUT2D eigenvalue weighted by Crippen LogP contribution is 2.28. The van der Waals surface area contributed by atoms with E-state index < -0.39 is 0 Å². The summed E-state index contributed by atoms with van der Waals surface area (Å²) in [4.78, 5) is 22.8. The van der Waals surface area contributed by atoms with Gasteiger partial charge >= 0.3 is 0 Å². The molecule has 6 nitrogen and oxygen atoms in total. The largest absolute Gasteiger partial charge is 0.439 e. The number of carbonyl (C=O) groups excluding carboxylic acids is 1. The highest BCUT2D eigenvalue weighted by Gasteiger charge is 2.31. The molecule has 1 amide bonds. The average Bonchev–Trinajstić information content (AvgIpc) is 3.10. The minimum atomic E-state index is 0.329. The highest BCUT2D eigenvalue weighted by molar-refractivity contribution is 5.78. The van der Waals surface area contributed by atoms with Crippen molar-refractivity contribution in [1.82, 2.24) is 14.9 Å². The molecule has 6 heteroatoms. The van der Waals surface area contributed by atoms with Gasteiger partial charge in [-0.05, 0) is 44.2 Å². The van der Waals surface area contributed by atoms with E-state index in [0.29, 0.717) is 29.8 Å². The van der Waals surface area contributed by atoms with Crippen LogP contribution in [0.15, 0.2) is 42.6 Å². The maximum Gasteiger partial charge on any atom is 0.226 e. The first-order valence-electron chi connectivity index (χ1n) is 9.40. The predicted octanol–water partition coefficient (Wildman–Crippen LogP) is 3.61. The van der Waals surface area contributed by atoms with Crippen LogP contribution in [0, 0.1) is 0 Å². The van der Waals surface area contributed by atoms with Gasteiger partial charge in [0, 0.05) is 37.3 Å². The fourth-order valence-electron chi connectivity index (χ4n) is 3.85. The Morgan fingerprint density at radius 1 is 1.08 bits per heavy atom. The number of anilines is 1. The first-order valence-corrected chi connectivity index (χ1v) is 9.40. The van der Waals surface area contributed by atoms with Crippen LogP contribution in [0.5, 0.6) is 11.6 Å². The van der Waals surface area contributed by atoms with Crippen molar-refractivity contribution in [2.24, 2.45) is 0 Å². The van der Waals surface area contributed by atoms with Gasteiger partial charge in [-0.1, -0.05) is 18.2 Å². The van der Waals surface area contributed by atoms with Gasteiger partial charge in [0.2, 0.25) is 17.7 Å². The molecule has 1 saturated carbocycles. The molecular formula is C20H24N4O2. The second-order valence-corrected chi connectivity index (χ2v) is 6.97. The van der Waals surface area contributed by atoms with Gasteiger partial charge in [0.25, 0.3) is 0 Å². The summed E-state index contributed by atoms with van der Waals surface area (Å²) < 4.78 is 5.77. The molecule has 0 radical (unpaired) electrons. The molecule has 2 aromatic rings. The van der Waals surface area contributed by atoms with E-state index in [1.165, 1.54) is 0 Å². The second-order valence-electron chi connectivity index (χ2n) is 6.97. The molecular weight excluding hydrogens is 328 g/mol. The Kier molecular flexibility index (Phi) is 5.00. The molecule has 2 aliphatic rings. The molecule has 1 aromatic carbocycles. The fraction of sp³-hybridized carbons (Fsp3) is 0.450. The lowest BCUT2D eigenvalue weighted by Crippen LogP contribution is -2.41. The summed E-state index contributed by atoms with van der Waals surface area (Å²) in [7, 11) is 0. The summed E-state index contributed by atoms with van der Waals surface area (Å²) in [6, 6.07) is 12.1. The van der Waals surface area contributed by atoms with E-state index >= 15 is 0 Å². The van der Waals surface area contributed by atoms with Crippen molar-refractivity contribution in [2.45, 2.75) is 50.6 Å². The Morgan fingerprint density at radius 2 is 1.88 bits per heavy atom. The Labute approximate surface area is 153 Å². The predicted molar refractivity (Wildman–Crippen MR) is 99.2 cm³/mol. The molecule has 0 unspecified atom stereocenters. The SMILES string of the molecule is O=C1CCCN1C1CCC(Nc2nccc(Oc3ccccc3)n2)CC1. The lowest BCUT2D eigenvalue weighted by Gasteiger charge is -2.34. The summed E-state index contributed by atoms with van der Waals surface area (Å²) >= 11 is 0. The maximum atomic E-state index is 11.9. The number of carbonyl (C=O) groups is 1. The molecule has 2 fully saturated rings. The third kappa shape index (κ3) is 3.95. The van der Waals surface area contributed by atoms with Gasteiger partial charge in [-0.3, -0.25) is 4.79 Å². The molecule has 1 aliphatic heterocycles. The number of ether oxygens (including phenoxy) is 1. The smallest absolute Gasteiger partial charge is 0.226 e. The molecule has 1 N–H and O–H groups in total. The van der Waals surface area contributed by atoms with E-state index in [1.54, 1.807) is 12.3 Å². The normalized spacial score (nSPS) is 23.1. The minimum Gasteiger partial charge on any atom is -0.439 e. The topological polar surface area (TPSA) is 67.4 Å². The summed E-state index contributed by atoms with van der Waals surface area (Å²) in [5.74, 6) is 2.22. The van der Waals surface area contributed by atoms with Gasteiger partial charge in [-0.25, -0.2) is 4.98 Å². The average molecular weight is 352 g/mol. The van der Waals surface area contributed by atoms with Crippen molar-refractivity contribution in [2.75, 3.05) is 11.9 Å². The van der Waals surface area contributed by atoms with Crippen LogP contribution in [0.4, 0.5) is 5.95 Å². The Morgan fingerprint density at radius 3 is 2.62 bits per heavy atom. The molecule has 0 atom stereocenters. The number of likely N-dealkylation sites (tertiary alicyclic amines) is 1. The minimum absolute atomic E-state index is 0.329. The number of nitrogens with zero attached hydrogens (tertiary/aromatic N) is 3. The van der Waals surface area contributed by atoms with Gasteiger partial charge in [-0.2, -0.15) is 4.98 Å². The lowest BCUT2D eigenvalue weighted by molar-refractivity contribution is -0.130. The highest BCUT2D eigenvalue weighted by atomic mass is 16.5. The van der Waals surface area contributed by atoms with Crippen LogP contribution in [0.1, 0.15) is 38.5 Å². The van der Waals surface area contributed by atoms with Crippen LogP contribution in [0.25, 0.3) is 0 Å². The molecule has 1 saturated heterocycles. The van der Waals surface area contributed by atoms with Crippen LogP contribution >= 0.6 is 0 Å². The first-order chi connectivity index (χ1) is 12.8. The van der Waals surface area contributed by atoms with Gasteiger partial charge in [-0.15, -0.1) is 0 Å². The Balaban J connectivity index is 1.32. The Bertz CT molecular complexity index is 744. The number of hydrogen-bond acceptors (Lipinski definition) is 5. The summed E-state index contributed by atoms with van der Waals surface area (Å²) in [5.41, 5.74) is 0. The van der Waals surface area contributed by atoms with Crippen molar-refractivity contribution in [3.05, 3.63) is 42.6 Å². The number of rotatable bonds is 5. The third-order valence-corrected chi connectivity index (χ3v) is 5.18. The van der Waals surface area contributed by atoms with E-state index in [4.69, 9.17) is 4.74 Å². The summed E-state index contributed by atoms with van der Waals surface area (Å²) in [6.45, 7) is 0.934. The van der Waals surface area contributed by atoms with Crippen LogP contribution in [0.2, 0.25) is 0 Å². The molecule has 0 bridgehead atoms. The maximum absolute atomic E-state index is 11.9. The third-order valence-electron chi connectivity index (χ3n) is 5.18. The fourth-order valence-corrected chi connectivity index (χ4v) is 3.85. The van der Waals surface area contributed by atoms with Crippen molar-refractivity contribution in [1.29, 1.82) is 0 Å². The number of hydrogen-bond donors (Lipinski definition) is 1. The standard InChI is InChI=1S/C20H24N4O2/c25-19-7-4-14-24(19)16-10-8-15(9-11-16)22-20-21-13-12-18(23-20)26-17-5-2-1-3-6-17/h1-3,5-6,12-13,15-16H,4,7-11,14H2,(H,21,22,23). The van der Waals surface area contributed by atoms with Crippen molar-refractivity contribution in [3.8, 4) is 11.6 Å². The number of aromatic nitrogens is 2. The van der Waals surface area contributed by atoms with Crippen LogP contribution in [-0.4, -0.2) is 39.4 Å². The molecule has 0 spiro atoms. The number of amides is 1. The molecule has 1 aliphatic carbocycles. The molecule has 136 valence electrons. The summed E-state index contributed by atoms with van der Waals surface area (Å²) in [5, 5.41) is 3.42. The quantitative estimate of drug-likeness (QED) is 0.890.